The average Bonchev–Trinajstić information content (AvgIpc) is 2.54. The van der Waals surface area contributed by atoms with E-state index in [4.69, 9.17) is 9.05 Å². The van der Waals surface area contributed by atoms with Crippen molar-refractivity contribution in [1.29, 1.82) is 0 Å². The Hall–Kier alpha value is -0.500. The monoisotopic (exact) mass is 411 g/mol. The van der Waals surface area contributed by atoms with Gasteiger partial charge in [-0.2, -0.15) is 0 Å². The number of nitrogens with one attached hydrogen (secondary N) is 1. The van der Waals surface area contributed by atoms with E-state index in [1.807, 2.05) is 28.1 Å². The van der Waals surface area contributed by atoms with Gasteiger partial charge < -0.3 is 19.8 Å². The predicted molar refractivity (Wildman–Crippen MR) is 106 cm³/mol. The lowest BCUT2D eigenvalue weighted by molar-refractivity contribution is -0.870. The summed E-state index contributed by atoms with van der Waals surface area (Å²) in [4.78, 5) is 21.7. The van der Waals surface area contributed by atoms with Gasteiger partial charge in [0.1, 0.15) is 13.2 Å². The number of hydrogen-bond donors (Lipinski definition) is 3. The molecule has 0 aromatic rings. The van der Waals surface area contributed by atoms with Crippen molar-refractivity contribution in [2.45, 2.75) is 70.9 Å². The van der Waals surface area contributed by atoms with E-state index in [2.05, 4.69) is 12.2 Å². The molecule has 3 N–H and O–H groups in total. The van der Waals surface area contributed by atoms with Crippen LogP contribution in [-0.2, 0) is 18.4 Å². The van der Waals surface area contributed by atoms with Crippen LogP contribution in [-0.4, -0.2) is 73.4 Å². The van der Waals surface area contributed by atoms with Crippen molar-refractivity contribution >= 4 is 13.7 Å². The maximum Gasteiger partial charge on any atom is 0.472 e. The molecule has 0 saturated carbocycles. The van der Waals surface area contributed by atoms with Crippen LogP contribution in [0.4, 0.5) is 0 Å². The molecular weight excluding hydrogens is 371 g/mol. The van der Waals surface area contributed by atoms with Gasteiger partial charge in [0.15, 0.2) is 0 Å². The van der Waals surface area contributed by atoms with Crippen molar-refractivity contribution in [1.82, 2.24) is 5.32 Å². The summed E-state index contributed by atoms with van der Waals surface area (Å²) in [6.45, 7) is 4.34. The molecule has 162 valence electrons. The lowest BCUT2D eigenvalue weighted by Crippen LogP contribution is -2.46. The van der Waals surface area contributed by atoms with Crippen molar-refractivity contribution in [3.05, 3.63) is 0 Å². The van der Waals surface area contributed by atoms with Gasteiger partial charge >= 0.3 is 7.82 Å². The first-order valence-corrected chi connectivity index (χ1v) is 11.4. The number of rotatable bonds is 16. The zero-order valence-electron chi connectivity index (χ0n) is 17.6. The lowest BCUT2D eigenvalue weighted by Gasteiger charge is -2.26. The van der Waals surface area contributed by atoms with E-state index < -0.39 is 20.0 Å². The Balaban J connectivity index is 4.62. The fraction of sp³-hybridized carbons (Fsp3) is 0.944. The Morgan fingerprint density at radius 1 is 1.11 bits per heavy atom. The van der Waals surface area contributed by atoms with E-state index in [1.54, 1.807) is 0 Å². The lowest BCUT2D eigenvalue weighted by atomic mass is 10.0. The van der Waals surface area contributed by atoms with Crippen molar-refractivity contribution in [3.63, 3.8) is 0 Å². The van der Waals surface area contributed by atoms with Crippen molar-refractivity contribution in [2.75, 3.05) is 40.9 Å². The highest BCUT2D eigenvalue weighted by atomic mass is 31.2. The molecule has 0 spiro atoms. The third-order valence-corrected chi connectivity index (χ3v) is 5.06. The zero-order valence-corrected chi connectivity index (χ0v) is 18.5. The molecule has 0 aromatic heterocycles. The molecule has 0 rings (SSSR count). The maximum absolute atomic E-state index is 12.0. The Morgan fingerprint density at radius 3 is 2.33 bits per heavy atom. The first-order valence-electron chi connectivity index (χ1n) is 9.90. The van der Waals surface area contributed by atoms with Gasteiger partial charge in [-0.05, 0) is 12.8 Å². The summed E-state index contributed by atoms with van der Waals surface area (Å²) in [7, 11) is 1.60. The molecule has 0 aromatic carbocycles. The Labute approximate surface area is 164 Å². The van der Waals surface area contributed by atoms with Crippen LogP contribution in [0.2, 0.25) is 0 Å². The van der Waals surface area contributed by atoms with Gasteiger partial charge in [0, 0.05) is 6.42 Å². The van der Waals surface area contributed by atoms with E-state index in [1.165, 1.54) is 0 Å². The fourth-order valence-corrected chi connectivity index (χ4v) is 3.11. The largest absolute Gasteiger partial charge is 0.472 e. The van der Waals surface area contributed by atoms with E-state index in [0.717, 1.165) is 25.7 Å². The molecule has 0 fully saturated rings. The zero-order chi connectivity index (χ0) is 20.9. The number of aliphatic hydroxyl groups is 1. The van der Waals surface area contributed by atoms with Gasteiger partial charge in [-0.25, -0.2) is 4.57 Å². The number of hydrogen-bond acceptors (Lipinski definition) is 5. The fourth-order valence-electron chi connectivity index (χ4n) is 2.38. The summed E-state index contributed by atoms with van der Waals surface area (Å²) < 4.78 is 22.7. The summed E-state index contributed by atoms with van der Waals surface area (Å²) in [5, 5.41) is 13.1. The van der Waals surface area contributed by atoms with Crippen molar-refractivity contribution in [2.24, 2.45) is 0 Å². The molecule has 0 aliphatic heterocycles. The molecule has 0 saturated heterocycles. The smallest absolute Gasteiger partial charge is 0.391 e. The molecule has 0 aliphatic carbocycles. The maximum atomic E-state index is 12.0. The van der Waals surface area contributed by atoms with Gasteiger partial charge in [-0.1, -0.05) is 39.5 Å². The van der Waals surface area contributed by atoms with Gasteiger partial charge in [0.2, 0.25) is 5.91 Å². The summed E-state index contributed by atoms with van der Waals surface area (Å²) in [5.41, 5.74) is 0. The second-order valence-electron chi connectivity index (χ2n) is 7.95. The highest BCUT2D eigenvalue weighted by Crippen LogP contribution is 2.43. The van der Waals surface area contributed by atoms with Crippen LogP contribution in [0, 0.1) is 0 Å². The van der Waals surface area contributed by atoms with Crippen molar-refractivity contribution in [3.8, 4) is 0 Å². The number of amides is 1. The van der Waals surface area contributed by atoms with Crippen molar-refractivity contribution < 1.29 is 32.9 Å². The first-order chi connectivity index (χ1) is 12.5. The normalized spacial score (nSPS) is 16.6. The van der Waals surface area contributed by atoms with Gasteiger partial charge in [0.05, 0.1) is 39.9 Å². The van der Waals surface area contributed by atoms with E-state index in [-0.39, 0.29) is 19.1 Å². The number of nitrogens with zero attached hydrogens (tertiary/aromatic N) is 1. The predicted octanol–water partition coefficient (Wildman–Crippen LogP) is 2.44. The number of aliphatic hydroxyl groups excluding tert-OH is 1. The molecule has 0 bridgehead atoms. The third kappa shape index (κ3) is 15.1. The molecule has 8 nitrogen and oxygen atoms in total. The molecule has 0 aliphatic rings. The van der Waals surface area contributed by atoms with Crippen LogP contribution >= 0.6 is 7.82 Å². The number of carbonyl (C=O) groups is 1. The molecule has 3 unspecified atom stereocenters. The van der Waals surface area contributed by atoms with E-state index in [0.29, 0.717) is 30.3 Å². The van der Waals surface area contributed by atoms with E-state index in [9.17, 15) is 19.4 Å². The number of likely N-dealkylation sites (N-methyl/N-ethyl adjacent to an activating group) is 1. The van der Waals surface area contributed by atoms with E-state index >= 15 is 0 Å². The number of phosphoric acid groups is 1. The van der Waals surface area contributed by atoms with Gasteiger partial charge in [0.25, 0.3) is 0 Å². The number of carbonyl (C=O) groups excluding carboxylic acids is 1. The Bertz CT molecular complexity index is 456. The topological polar surface area (TPSA) is 105 Å². The molecule has 9 heteroatoms. The molecule has 3 atom stereocenters. The van der Waals surface area contributed by atoms with Gasteiger partial charge in [-0.3, -0.25) is 13.8 Å². The SMILES string of the molecule is CCCCCCC(O)C(COP(=O)(O)OCC[N+](C)(C)C)NC(=O)CCC. The van der Waals surface area contributed by atoms with Crippen LogP contribution < -0.4 is 5.32 Å². The van der Waals surface area contributed by atoms with Crippen LogP contribution in [0.3, 0.4) is 0 Å². The summed E-state index contributed by atoms with van der Waals surface area (Å²) >= 11 is 0. The molecule has 0 heterocycles. The number of unbranched alkanes of at least 4 members (excludes halogenated alkanes) is 3. The quantitative estimate of drug-likeness (QED) is 0.205. The highest BCUT2D eigenvalue weighted by molar-refractivity contribution is 7.47. The molecule has 27 heavy (non-hydrogen) atoms. The van der Waals surface area contributed by atoms with Crippen LogP contribution in [0.25, 0.3) is 0 Å². The highest BCUT2D eigenvalue weighted by Gasteiger charge is 2.28. The number of quaternary nitrogens is 1. The van der Waals surface area contributed by atoms with Crippen LogP contribution in [0.15, 0.2) is 0 Å². The number of phosphoric ester groups is 1. The third-order valence-electron chi connectivity index (χ3n) is 4.08. The Morgan fingerprint density at radius 2 is 1.78 bits per heavy atom. The average molecular weight is 412 g/mol. The first kappa shape index (κ1) is 26.5. The minimum absolute atomic E-state index is 0.0731. The summed E-state index contributed by atoms with van der Waals surface area (Å²) in [6, 6.07) is -0.742. The summed E-state index contributed by atoms with van der Waals surface area (Å²) in [5.74, 6) is -0.211. The second-order valence-corrected chi connectivity index (χ2v) is 9.41. The Kier molecular flexibility index (Phi) is 13.4. The van der Waals surface area contributed by atoms with Crippen LogP contribution in [0.1, 0.15) is 58.8 Å². The molecule has 1 amide bonds. The second kappa shape index (κ2) is 13.6. The molecular formula is C18H40N2O6P+. The minimum Gasteiger partial charge on any atom is -0.391 e. The summed E-state index contributed by atoms with van der Waals surface area (Å²) in [6.07, 6.45) is 4.67. The minimum atomic E-state index is -4.24. The van der Waals surface area contributed by atoms with Gasteiger partial charge in [-0.15, -0.1) is 0 Å². The van der Waals surface area contributed by atoms with Crippen LogP contribution in [0.5, 0.6) is 0 Å². The standard InChI is InChI=1S/C18H39N2O6P/c1-6-8-9-10-12-17(21)16(19-18(22)11-7-2)15-26-27(23,24)25-14-13-20(3,4)5/h16-17,21H,6-15H2,1-5H3,(H-,19,22,23,24)/p+1. The molecule has 0 radical (unpaired) electrons.